The average molecular weight is 365 g/mol. The number of nitrogens with one attached hydrogen (secondary N) is 1. The van der Waals surface area contributed by atoms with Crippen LogP contribution in [0, 0.1) is 0 Å². The summed E-state index contributed by atoms with van der Waals surface area (Å²) in [6, 6.07) is 4.57. The molecule has 0 saturated carbocycles. The minimum Gasteiger partial charge on any atom is -0.486 e. The van der Waals surface area contributed by atoms with Crippen molar-refractivity contribution in [3.63, 3.8) is 0 Å². The number of hydrogen-bond donors (Lipinski definition) is 3. The molecule has 26 heavy (non-hydrogen) atoms. The van der Waals surface area contributed by atoms with E-state index in [0.29, 0.717) is 36.9 Å². The van der Waals surface area contributed by atoms with E-state index in [9.17, 15) is 9.59 Å². The Morgan fingerprint density at radius 1 is 1.19 bits per heavy atom. The van der Waals surface area contributed by atoms with E-state index >= 15 is 0 Å². The molecule has 1 saturated heterocycles. The van der Waals surface area contributed by atoms with Crippen molar-refractivity contribution >= 4 is 17.6 Å². The van der Waals surface area contributed by atoms with E-state index in [-0.39, 0.29) is 44.7 Å². The standard InChI is InChI=1S/C17H23N3O6/c21-5-3-19(4-6-22)17(24)18-12-9-16(23)20(11-12)13-1-2-14-15(10-13)26-8-7-25-14/h1-2,10,12,21-22H,3-9,11H2,(H,18,24). The molecule has 142 valence electrons. The van der Waals surface area contributed by atoms with E-state index in [4.69, 9.17) is 19.7 Å². The first-order valence-corrected chi connectivity index (χ1v) is 8.59. The Labute approximate surface area is 151 Å². The number of benzene rings is 1. The molecule has 3 N–H and O–H groups in total. The molecule has 1 aromatic carbocycles. The molecule has 9 nitrogen and oxygen atoms in total. The lowest BCUT2D eigenvalue weighted by molar-refractivity contribution is -0.117. The number of aliphatic hydroxyl groups is 2. The first-order valence-electron chi connectivity index (χ1n) is 8.59. The molecule has 1 atom stereocenters. The van der Waals surface area contributed by atoms with E-state index in [0.717, 1.165) is 0 Å². The lowest BCUT2D eigenvalue weighted by Gasteiger charge is -2.24. The summed E-state index contributed by atoms with van der Waals surface area (Å²) in [5.74, 6) is 1.16. The predicted molar refractivity (Wildman–Crippen MR) is 92.5 cm³/mol. The van der Waals surface area contributed by atoms with Crippen LogP contribution in [0.25, 0.3) is 0 Å². The van der Waals surface area contributed by atoms with Crippen LogP contribution in [-0.4, -0.2) is 79.2 Å². The average Bonchev–Trinajstić information content (AvgIpc) is 3.01. The van der Waals surface area contributed by atoms with Gasteiger partial charge < -0.3 is 34.8 Å². The summed E-state index contributed by atoms with van der Waals surface area (Å²) in [7, 11) is 0. The third-order valence-corrected chi connectivity index (χ3v) is 4.32. The zero-order valence-electron chi connectivity index (χ0n) is 14.4. The summed E-state index contributed by atoms with van der Waals surface area (Å²) in [5, 5.41) is 20.8. The number of carbonyl (C=O) groups excluding carboxylic acids is 2. The Balaban J connectivity index is 1.64. The van der Waals surface area contributed by atoms with Crippen LogP contribution < -0.4 is 19.7 Å². The quantitative estimate of drug-likeness (QED) is 0.630. The van der Waals surface area contributed by atoms with Gasteiger partial charge in [0.1, 0.15) is 13.2 Å². The number of urea groups is 1. The summed E-state index contributed by atoms with van der Waals surface area (Å²) in [5.41, 5.74) is 0.693. The van der Waals surface area contributed by atoms with E-state index in [1.165, 1.54) is 4.90 Å². The molecule has 1 fully saturated rings. The van der Waals surface area contributed by atoms with Crippen LogP contribution in [0.4, 0.5) is 10.5 Å². The number of fused-ring (bicyclic) bond motifs is 1. The third kappa shape index (κ3) is 4.00. The number of ether oxygens (including phenoxy) is 2. The largest absolute Gasteiger partial charge is 0.486 e. The second-order valence-corrected chi connectivity index (χ2v) is 6.12. The van der Waals surface area contributed by atoms with Crippen molar-refractivity contribution in [1.82, 2.24) is 10.2 Å². The predicted octanol–water partition coefficient (Wildman–Crippen LogP) is -0.441. The fourth-order valence-corrected chi connectivity index (χ4v) is 3.08. The van der Waals surface area contributed by atoms with Gasteiger partial charge in [-0.05, 0) is 12.1 Å². The first kappa shape index (κ1) is 18.3. The number of carbonyl (C=O) groups is 2. The van der Waals surface area contributed by atoms with Gasteiger partial charge in [0.2, 0.25) is 5.91 Å². The summed E-state index contributed by atoms with van der Waals surface area (Å²) >= 11 is 0. The Morgan fingerprint density at radius 3 is 2.58 bits per heavy atom. The van der Waals surface area contributed by atoms with E-state index in [1.54, 1.807) is 23.1 Å². The van der Waals surface area contributed by atoms with Crippen LogP contribution in [0.2, 0.25) is 0 Å². The van der Waals surface area contributed by atoms with Crippen molar-refractivity contribution < 1.29 is 29.3 Å². The van der Waals surface area contributed by atoms with Gasteiger partial charge in [-0.15, -0.1) is 0 Å². The van der Waals surface area contributed by atoms with Crippen molar-refractivity contribution in [2.24, 2.45) is 0 Å². The zero-order chi connectivity index (χ0) is 18.5. The van der Waals surface area contributed by atoms with Gasteiger partial charge >= 0.3 is 6.03 Å². The number of hydrogen-bond acceptors (Lipinski definition) is 6. The summed E-state index contributed by atoms with van der Waals surface area (Å²) in [6.45, 7) is 1.17. The van der Waals surface area contributed by atoms with Crippen LogP contribution in [-0.2, 0) is 4.79 Å². The Kier molecular flexibility index (Phi) is 5.79. The van der Waals surface area contributed by atoms with Gasteiger partial charge in [-0.25, -0.2) is 4.79 Å². The number of anilines is 1. The van der Waals surface area contributed by atoms with Gasteiger partial charge in [-0.1, -0.05) is 0 Å². The molecule has 0 aliphatic carbocycles. The molecule has 3 rings (SSSR count). The highest BCUT2D eigenvalue weighted by Crippen LogP contribution is 2.35. The molecule has 0 bridgehead atoms. The summed E-state index contributed by atoms with van der Waals surface area (Å²) < 4.78 is 11.0. The smallest absolute Gasteiger partial charge is 0.317 e. The number of rotatable bonds is 6. The topological polar surface area (TPSA) is 112 Å². The summed E-state index contributed by atoms with van der Waals surface area (Å²) in [4.78, 5) is 27.5. The Hall–Kier alpha value is -2.52. The van der Waals surface area contributed by atoms with Crippen LogP contribution in [0.15, 0.2) is 18.2 Å². The minimum absolute atomic E-state index is 0.0946. The van der Waals surface area contributed by atoms with Crippen LogP contribution in [0.3, 0.4) is 0 Å². The van der Waals surface area contributed by atoms with E-state index < -0.39 is 6.03 Å². The highest BCUT2D eigenvalue weighted by molar-refractivity contribution is 5.97. The maximum atomic E-state index is 12.4. The van der Waals surface area contributed by atoms with E-state index in [1.807, 2.05) is 0 Å². The highest BCUT2D eigenvalue weighted by Gasteiger charge is 2.33. The van der Waals surface area contributed by atoms with Crippen LogP contribution in [0.5, 0.6) is 11.5 Å². The molecule has 3 amide bonds. The molecule has 0 radical (unpaired) electrons. The van der Waals surface area contributed by atoms with Crippen molar-refractivity contribution in [2.45, 2.75) is 12.5 Å². The molecule has 9 heteroatoms. The van der Waals surface area contributed by atoms with Crippen molar-refractivity contribution in [3.05, 3.63) is 18.2 Å². The van der Waals surface area contributed by atoms with Gasteiger partial charge in [-0.3, -0.25) is 4.79 Å². The minimum atomic E-state index is -0.407. The molecular formula is C17H23N3O6. The monoisotopic (exact) mass is 365 g/mol. The lowest BCUT2D eigenvalue weighted by atomic mass is 10.2. The first-order chi connectivity index (χ1) is 12.6. The Morgan fingerprint density at radius 2 is 1.88 bits per heavy atom. The van der Waals surface area contributed by atoms with Gasteiger partial charge in [0, 0.05) is 37.8 Å². The number of amides is 3. The SMILES string of the molecule is O=C(NC1CC(=O)N(c2ccc3c(c2)OCCO3)C1)N(CCO)CCO. The molecule has 2 aliphatic rings. The summed E-state index contributed by atoms with van der Waals surface area (Å²) in [6.07, 6.45) is 0.187. The fourth-order valence-electron chi connectivity index (χ4n) is 3.08. The van der Waals surface area contributed by atoms with Gasteiger partial charge in [0.25, 0.3) is 0 Å². The molecular weight excluding hydrogens is 342 g/mol. The number of aliphatic hydroxyl groups excluding tert-OH is 2. The van der Waals surface area contributed by atoms with Gasteiger partial charge in [-0.2, -0.15) is 0 Å². The highest BCUT2D eigenvalue weighted by atomic mass is 16.6. The second-order valence-electron chi connectivity index (χ2n) is 6.12. The Bertz CT molecular complexity index is 662. The normalized spacial score (nSPS) is 18.8. The van der Waals surface area contributed by atoms with Crippen LogP contribution in [0.1, 0.15) is 6.42 Å². The van der Waals surface area contributed by atoms with Gasteiger partial charge in [0.05, 0.1) is 19.3 Å². The molecule has 0 spiro atoms. The molecule has 1 aromatic rings. The van der Waals surface area contributed by atoms with E-state index in [2.05, 4.69) is 5.32 Å². The van der Waals surface area contributed by atoms with Crippen molar-refractivity contribution in [1.29, 1.82) is 0 Å². The maximum Gasteiger partial charge on any atom is 0.317 e. The molecule has 1 unspecified atom stereocenters. The van der Waals surface area contributed by atoms with Gasteiger partial charge in [0.15, 0.2) is 11.5 Å². The number of nitrogens with zero attached hydrogens (tertiary/aromatic N) is 2. The third-order valence-electron chi connectivity index (χ3n) is 4.32. The molecule has 0 aromatic heterocycles. The van der Waals surface area contributed by atoms with Crippen molar-refractivity contribution in [2.75, 3.05) is 51.0 Å². The zero-order valence-corrected chi connectivity index (χ0v) is 14.4. The van der Waals surface area contributed by atoms with Crippen LogP contribution >= 0.6 is 0 Å². The van der Waals surface area contributed by atoms with Crippen molar-refractivity contribution in [3.8, 4) is 11.5 Å². The molecule has 2 heterocycles. The second kappa shape index (κ2) is 8.24. The fraction of sp³-hybridized carbons (Fsp3) is 0.529. The molecule has 2 aliphatic heterocycles. The lowest BCUT2D eigenvalue weighted by Crippen LogP contribution is -2.47. The maximum absolute atomic E-state index is 12.4.